The Morgan fingerprint density at radius 3 is 2.36 bits per heavy atom. The molecule has 0 radical (unpaired) electrons. The van der Waals surface area contributed by atoms with Gasteiger partial charge in [0.2, 0.25) is 0 Å². The van der Waals surface area contributed by atoms with Crippen molar-refractivity contribution in [3.8, 4) is 6.07 Å². The lowest BCUT2D eigenvalue weighted by Gasteiger charge is -1.92. The second kappa shape index (κ2) is 6.56. The molecule has 2 aromatic rings. The van der Waals surface area contributed by atoms with Crippen LogP contribution in [0.15, 0.2) is 36.5 Å². The second-order valence-corrected chi connectivity index (χ2v) is 2.33. The van der Waals surface area contributed by atoms with Crippen LogP contribution >= 0.6 is 37.2 Å². The van der Waals surface area contributed by atoms with E-state index in [-0.39, 0.29) is 37.2 Å². The maximum absolute atomic E-state index is 8.65. The first-order valence-electron chi connectivity index (χ1n) is 3.38. The number of rotatable bonds is 0. The lowest BCUT2D eigenvalue weighted by atomic mass is 10.4. The SMILES string of the molecule is Cl.Cl.Cl.N#Cc1ccc2ccccn12. The molecule has 0 aliphatic heterocycles. The van der Waals surface area contributed by atoms with Crippen molar-refractivity contribution in [3.05, 3.63) is 42.2 Å². The molecule has 0 aliphatic rings. The summed E-state index contributed by atoms with van der Waals surface area (Å²) in [6.45, 7) is 0. The summed E-state index contributed by atoms with van der Waals surface area (Å²) in [5.41, 5.74) is 1.74. The summed E-state index contributed by atoms with van der Waals surface area (Å²) in [6.07, 6.45) is 1.88. The van der Waals surface area contributed by atoms with Crippen molar-refractivity contribution < 1.29 is 0 Å². The maximum Gasteiger partial charge on any atom is 0.124 e. The van der Waals surface area contributed by atoms with E-state index in [9.17, 15) is 0 Å². The summed E-state index contributed by atoms with van der Waals surface area (Å²) in [6, 6.07) is 11.7. The molecule has 5 heteroatoms. The smallest absolute Gasteiger partial charge is 0.124 e. The van der Waals surface area contributed by atoms with Gasteiger partial charge in [0.15, 0.2) is 0 Å². The third-order valence-electron chi connectivity index (χ3n) is 1.68. The zero-order valence-corrected chi connectivity index (χ0v) is 9.53. The van der Waals surface area contributed by atoms with Gasteiger partial charge in [0.25, 0.3) is 0 Å². The fourth-order valence-electron chi connectivity index (χ4n) is 1.15. The molecule has 0 amide bonds. The molecule has 14 heavy (non-hydrogen) atoms. The number of halogens is 3. The van der Waals surface area contributed by atoms with Gasteiger partial charge in [-0.25, -0.2) is 0 Å². The first-order valence-corrected chi connectivity index (χ1v) is 3.38. The minimum absolute atomic E-state index is 0. The maximum atomic E-state index is 8.65. The molecule has 0 atom stereocenters. The van der Waals surface area contributed by atoms with Crippen LogP contribution in [0.3, 0.4) is 0 Å². The molecular formula is C9H9Cl3N2. The van der Waals surface area contributed by atoms with Crippen molar-refractivity contribution >= 4 is 42.7 Å². The first kappa shape index (κ1) is 15.6. The lowest BCUT2D eigenvalue weighted by Crippen LogP contribution is -1.84. The van der Waals surface area contributed by atoms with Gasteiger partial charge in [-0.05, 0) is 24.3 Å². The fourth-order valence-corrected chi connectivity index (χ4v) is 1.15. The summed E-state index contributed by atoms with van der Waals surface area (Å²) in [7, 11) is 0. The van der Waals surface area contributed by atoms with Crippen molar-refractivity contribution in [3.63, 3.8) is 0 Å². The van der Waals surface area contributed by atoms with Gasteiger partial charge in [-0.2, -0.15) is 5.26 Å². The summed E-state index contributed by atoms with van der Waals surface area (Å²) in [5.74, 6) is 0. The zero-order valence-electron chi connectivity index (χ0n) is 7.08. The number of pyridine rings is 1. The molecule has 2 heterocycles. The highest BCUT2D eigenvalue weighted by molar-refractivity contribution is 5.86. The quantitative estimate of drug-likeness (QED) is 0.707. The Balaban J connectivity index is 0. The van der Waals surface area contributed by atoms with Crippen LogP contribution in [-0.2, 0) is 0 Å². The van der Waals surface area contributed by atoms with Crippen molar-refractivity contribution in [1.82, 2.24) is 4.40 Å². The van der Waals surface area contributed by atoms with Crippen molar-refractivity contribution in [2.75, 3.05) is 0 Å². The third-order valence-corrected chi connectivity index (χ3v) is 1.68. The normalized spacial score (nSPS) is 7.64. The van der Waals surface area contributed by atoms with E-state index in [1.54, 1.807) is 0 Å². The molecule has 0 saturated carbocycles. The molecule has 0 fully saturated rings. The van der Waals surface area contributed by atoms with Gasteiger partial charge in [0, 0.05) is 11.7 Å². The van der Waals surface area contributed by atoms with Crippen LogP contribution in [0.25, 0.3) is 5.52 Å². The van der Waals surface area contributed by atoms with Gasteiger partial charge < -0.3 is 4.40 Å². The van der Waals surface area contributed by atoms with Crippen molar-refractivity contribution in [1.29, 1.82) is 5.26 Å². The molecular weight excluding hydrogens is 242 g/mol. The molecule has 0 bridgehead atoms. The Morgan fingerprint density at radius 2 is 1.71 bits per heavy atom. The average molecular weight is 252 g/mol. The van der Waals surface area contributed by atoms with Gasteiger partial charge in [-0.1, -0.05) is 6.07 Å². The molecule has 0 spiro atoms. The highest BCUT2D eigenvalue weighted by atomic mass is 35.5. The summed E-state index contributed by atoms with van der Waals surface area (Å²) < 4.78 is 1.86. The Morgan fingerprint density at radius 1 is 1.00 bits per heavy atom. The van der Waals surface area contributed by atoms with Crippen LogP contribution < -0.4 is 0 Å². The molecule has 0 N–H and O–H groups in total. The number of aromatic nitrogens is 1. The Bertz CT molecular complexity index is 431. The average Bonchev–Trinajstić information content (AvgIpc) is 2.47. The van der Waals surface area contributed by atoms with E-state index in [4.69, 9.17) is 5.26 Å². The molecule has 2 rings (SSSR count). The predicted octanol–water partition coefficient (Wildman–Crippen LogP) is 3.08. The fraction of sp³-hybridized carbons (Fsp3) is 0. The first-order chi connectivity index (χ1) is 5.42. The zero-order chi connectivity index (χ0) is 7.68. The monoisotopic (exact) mass is 250 g/mol. The van der Waals surface area contributed by atoms with E-state index in [1.807, 2.05) is 40.9 Å². The molecule has 0 aromatic carbocycles. The molecule has 0 unspecified atom stereocenters. The molecule has 0 saturated heterocycles. The third kappa shape index (κ3) is 2.55. The van der Waals surface area contributed by atoms with Crippen molar-refractivity contribution in [2.24, 2.45) is 0 Å². The Kier molecular flexibility index (Phi) is 7.30. The van der Waals surface area contributed by atoms with E-state index in [2.05, 4.69) is 6.07 Å². The predicted molar refractivity (Wildman–Crippen MR) is 63.9 cm³/mol. The van der Waals surface area contributed by atoms with Crippen LogP contribution in [0.2, 0.25) is 0 Å². The van der Waals surface area contributed by atoms with E-state index < -0.39 is 0 Å². The number of fused-ring (bicyclic) bond motifs is 1. The number of nitrogens with zero attached hydrogens (tertiary/aromatic N) is 2. The highest BCUT2D eigenvalue weighted by Gasteiger charge is 1.96. The largest absolute Gasteiger partial charge is 0.308 e. The van der Waals surface area contributed by atoms with Gasteiger partial charge in [0.05, 0.1) is 0 Å². The standard InChI is InChI=1S/C9H6N2.3ClH/c10-7-9-5-4-8-3-1-2-6-11(8)9;;;/h1-6H;3*1H. The topological polar surface area (TPSA) is 28.2 Å². The number of hydrogen-bond donors (Lipinski definition) is 0. The van der Waals surface area contributed by atoms with Crippen LogP contribution in [0.4, 0.5) is 0 Å². The summed E-state index contributed by atoms with van der Waals surface area (Å²) in [4.78, 5) is 0. The molecule has 2 aromatic heterocycles. The molecule has 2 nitrogen and oxygen atoms in total. The summed E-state index contributed by atoms with van der Waals surface area (Å²) in [5, 5.41) is 8.65. The van der Waals surface area contributed by atoms with Crippen LogP contribution in [-0.4, -0.2) is 4.40 Å². The number of hydrogen-bond acceptors (Lipinski definition) is 1. The highest BCUT2D eigenvalue weighted by Crippen LogP contribution is 2.07. The second-order valence-electron chi connectivity index (χ2n) is 2.33. The Labute approximate surface area is 101 Å². The van der Waals surface area contributed by atoms with Gasteiger partial charge >= 0.3 is 0 Å². The van der Waals surface area contributed by atoms with E-state index >= 15 is 0 Å². The number of nitriles is 1. The van der Waals surface area contributed by atoms with E-state index in [0.29, 0.717) is 5.69 Å². The van der Waals surface area contributed by atoms with Crippen LogP contribution in [0, 0.1) is 11.3 Å². The van der Waals surface area contributed by atoms with Crippen LogP contribution in [0.5, 0.6) is 0 Å². The van der Waals surface area contributed by atoms with Crippen molar-refractivity contribution in [2.45, 2.75) is 0 Å². The van der Waals surface area contributed by atoms with Gasteiger partial charge in [-0.15, -0.1) is 37.2 Å². The van der Waals surface area contributed by atoms with E-state index in [1.165, 1.54) is 0 Å². The van der Waals surface area contributed by atoms with Gasteiger partial charge in [-0.3, -0.25) is 0 Å². The summed E-state index contributed by atoms with van der Waals surface area (Å²) >= 11 is 0. The van der Waals surface area contributed by atoms with Crippen LogP contribution in [0.1, 0.15) is 5.69 Å². The minimum atomic E-state index is 0. The minimum Gasteiger partial charge on any atom is -0.308 e. The van der Waals surface area contributed by atoms with Gasteiger partial charge in [0.1, 0.15) is 11.8 Å². The van der Waals surface area contributed by atoms with E-state index in [0.717, 1.165) is 5.52 Å². The molecule has 0 aliphatic carbocycles. The Hall–Kier alpha value is -0.880. The molecule has 76 valence electrons. The lowest BCUT2D eigenvalue weighted by molar-refractivity contribution is 1.16.